The van der Waals surface area contributed by atoms with Gasteiger partial charge in [-0.05, 0) is 44.9 Å². The average molecular weight is 398 g/mol. The number of aliphatic carboxylic acids is 1. The molecule has 2 rings (SSSR count). The molecule has 1 fully saturated rings. The molecule has 0 radical (unpaired) electrons. The normalized spacial score (nSPS) is 15.5. The molecule has 3 N–H and O–H groups in total. The van der Waals surface area contributed by atoms with E-state index in [1.807, 2.05) is 0 Å². The molecule has 1 aromatic carbocycles. The van der Waals surface area contributed by atoms with Crippen LogP contribution < -0.4 is 14.8 Å². The Kier molecular flexibility index (Phi) is 6.48. The molecule has 1 aliphatic rings. The van der Waals surface area contributed by atoms with Crippen LogP contribution in [0.3, 0.4) is 0 Å². The van der Waals surface area contributed by atoms with Crippen LogP contribution in [-0.2, 0) is 14.8 Å². The number of hydrogen-bond donors (Lipinski definition) is 3. The van der Waals surface area contributed by atoms with Crippen LogP contribution in [0.1, 0.15) is 49.9 Å². The van der Waals surface area contributed by atoms with E-state index in [2.05, 4.69) is 10.0 Å². The molecule has 1 saturated carbocycles. The molecule has 0 aliphatic heterocycles. The SMILES string of the molecule is COc1ccc(C(=O)NCC(C)(C)C(=O)O)cc1S(=O)(=O)NC1CCCC1. The van der Waals surface area contributed by atoms with Gasteiger partial charge in [0.2, 0.25) is 10.0 Å². The van der Waals surface area contributed by atoms with Crippen LogP contribution >= 0.6 is 0 Å². The summed E-state index contributed by atoms with van der Waals surface area (Å²) < 4.78 is 33.3. The molecule has 0 atom stereocenters. The minimum atomic E-state index is -3.85. The van der Waals surface area contributed by atoms with Gasteiger partial charge in [0.1, 0.15) is 10.6 Å². The smallest absolute Gasteiger partial charge is 0.310 e. The number of sulfonamides is 1. The lowest BCUT2D eigenvalue weighted by Crippen LogP contribution is -2.39. The summed E-state index contributed by atoms with van der Waals surface area (Å²) in [6.45, 7) is 2.89. The van der Waals surface area contributed by atoms with Crippen molar-refractivity contribution in [1.82, 2.24) is 10.0 Å². The fraction of sp³-hybridized carbons (Fsp3) is 0.556. The van der Waals surface area contributed by atoms with Crippen LogP contribution in [0.2, 0.25) is 0 Å². The lowest BCUT2D eigenvalue weighted by molar-refractivity contribution is -0.146. The maximum atomic E-state index is 12.7. The number of nitrogens with one attached hydrogen (secondary N) is 2. The summed E-state index contributed by atoms with van der Waals surface area (Å²) in [4.78, 5) is 23.4. The Morgan fingerprint density at radius 2 is 1.89 bits per heavy atom. The van der Waals surface area contributed by atoms with E-state index >= 15 is 0 Å². The maximum absolute atomic E-state index is 12.7. The first kappa shape index (κ1) is 21.2. The molecule has 0 spiro atoms. The molecule has 1 aliphatic carbocycles. The van der Waals surface area contributed by atoms with Gasteiger partial charge in [-0.3, -0.25) is 9.59 Å². The van der Waals surface area contributed by atoms with Crippen LogP contribution in [0, 0.1) is 5.41 Å². The molecule has 9 heteroatoms. The lowest BCUT2D eigenvalue weighted by Gasteiger charge is -2.20. The highest BCUT2D eigenvalue weighted by Crippen LogP contribution is 2.27. The van der Waals surface area contributed by atoms with Crippen molar-refractivity contribution in [2.45, 2.75) is 50.5 Å². The van der Waals surface area contributed by atoms with Gasteiger partial charge in [-0.2, -0.15) is 0 Å². The molecule has 1 amide bonds. The third-order valence-corrected chi connectivity index (χ3v) is 6.20. The largest absolute Gasteiger partial charge is 0.495 e. The summed E-state index contributed by atoms with van der Waals surface area (Å²) in [5.41, 5.74) is -1.02. The number of methoxy groups -OCH3 is 1. The molecule has 0 saturated heterocycles. The molecular formula is C18H26N2O6S. The Morgan fingerprint density at radius 1 is 1.26 bits per heavy atom. The molecule has 8 nitrogen and oxygen atoms in total. The van der Waals surface area contributed by atoms with E-state index in [0.29, 0.717) is 0 Å². The molecule has 27 heavy (non-hydrogen) atoms. The minimum Gasteiger partial charge on any atom is -0.495 e. The Hall–Kier alpha value is -2.13. The number of carboxylic acid groups (broad SMARTS) is 1. The number of carbonyl (C=O) groups is 2. The molecule has 0 heterocycles. The third-order valence-electron chi connectivity index (χ3n) is 4.66. The molecule has 1 aromatic rings. The average Bonchev–Trinajstić information content (AvgIpc) is 3.11. The number of ether oxygens (including phenoxy) is 1. The van der Waals surface area contributed by atoms with Crippen molar-refractivity contribution in [3.63, 3.8) is 0 Å². The fourth-order valence-electron chi connectivity index (χ4n) is 2.83. The van der Waals surface area contributed by atoms with Crippen LogP contribution in [0.25, 0.3) is 0 Å². The zero-order valence-corrected chi connectivity index (χ0v) is 16.6. The van der Waals surface area contributed by atoms with Crippen molar-refractivity contribution in [2.24, 2.45) is 5.41 Å². The standard InChI is InChI=1S/C18H26N2O6S/c1-18(2,17(22)23)11-19-16(21)12-8-9-14(26-3)15(10-12)27(24,25)20-13-6-4-5-7-13/h8-10,13,20H,4-7,11H2,1-3H3,(H,19,21)(H,22,23). The second-order valence-corrected chi connectivity index (χ2v) is 9.02. The van der Waals surface area contributed by atoms with Gasteiger partial charge in [0, 0.05) is 18.2 Å². The minimum absolute atomic E-state index is 0.0877. The van der Waals surface area contributed by atoms with Crippen LogP contribution in [0.15, 0.2) is 23.1 Å². The van der Waals surface area contributed by atoms with Crippen molar-refractivity contribution in [2.75, 3.05) is 13.7 Å². The zero-order chi connectivity index (χ0) is 20.2. The van der Waals surface area contributed by atoms with E-state index in [0.717, 1.165) is 25.7 Å². The van der Waals surface area contributed by atoms with Gasteiger partial charge in [0.05, 0.1) is 12.5 Å². The number of rotatable bonds is 8. The third kappa shape index (κ3) is 5.20. The van der Waals surface area contributed by atoms with Crippen molar-refractivity contribution in [3.8, 4) is 5.75 Å². The summed E-state index contributed by atoms with van der Waals surface area (Å²) in [7, 11) is -2.49. The van der Waals surface area contributed by atoms with Crippen molar-refractivity contribution < 1.29 is 27.9 Å². The number of carbonyl (C=O) groups excluding carboxylic acids is 1. The molecule has 150 valence electrons. The summed E-state index contributed by atoms with van der Waals surface area (Å²) in [6.07, 6.45) is 3.52. The second kappa shape index (κ2) is 8.26. The highest BCUT2D eigenvalue weighted by molar-refractivity contribution is 7.89. The van der Waals surface area contributed by atoms with Gasteiger partial charge in [-0.1, -0.05) is 12.8 Å². The van der Waals surface area contributed by atoms with Gasteiger partial charge in [-0.25, -0.2) is 13.1 Å². The van der Waals surface area contributed by atoms with E-state index in [-0.39, 0.29) is 28.8 Å². The molecule has 0 aromatic heterocycles. The van der Waals surface area contributed by atoms with Crippen molar-refractivity contribution >= 4 is 21.9 Å². The van der Waals surface area contributed by atoms with Gasteiger partial charge in [-0.15, -0.1) is 0 Å². The first-order valence-electron chi connectivity index (χ1n) is 8.79. The Morgan fingerprint density at radius 3 is 2.44 bits per heavy atom. The van der Waals surface area contributed by atoms with Crippen molar-refractivity contribution in [3.05, 3.63) is 23.8 Å². The van der Waals surface area contributed by atoms with E-state index in [1.165, 1.54) is 39.2 Å². The first-order valence-corrected chi connectivity index (χ1v) is 10.3. The highest BCUT2D eigenvalue weighted by atomic mass is 32.2. The monoisotopic (exact) mass is 398 g/mol. The van der Waals surface area contributed by atoms with E-state index < -0.39 is 27.3 Å². The summed E-state index contributed by atoms with van der Waals surface area (Å²) in [5.74, 6) is -1.45. The van der Waals surface area contributed by atoms with E-state index in [4.69, 9.17) is 9.84 Å². The summed E-state index contributed by atoms with van der Waals surface area (Å²) in [6, 6.07) is 3.99. The summed E-state index contributed by atoms with van der Waals surface area (Å²) in [5, 5.41) is 11.7. The summed E-state index contributed by atoms with van der Waals surface area (Å²) >= 11 is 0. The number of hydrogen-bond acceptors (Lipinski definition) is 5. The Balaban J connectivity index is 2.23. The number of amides is 1. The van der Waals surface area contributed by atoms with Crippen LogP contribution in [-0.4, -0.2) is 45.1 Å². The van der Waals surface area contributed by atoms with Gasteiger partial charge in [0.25, 0.3) is 5.91 Å². The van der Waals surface area contributed by atoms with E-state index in [1.54, 1.807) is 0 Å². The molecular weight excluding hydrogens is 372 g/mol. The predicted octanol–water partition coefficient (Wildman–Crippen LogP) is 1.76. The topological polar surface area (TPSA) is 122 Å². The maximum Gasteiger partial charge on any atom is 0.310 e. The molecule has 0 unspecified atom stereocenters. The van der Waals surface area contributed by atoms with Crippen LogP contribution in [0.5, 0.6) is 5.75 Å². The van der Waals surface area contributed by atoms with E-state index in [9.17, 15) is 18.0 Å². The molecule has 0 bridgehead atoms. The van der Waals surface area contributed by atoms with Gasteiger partial charge >= 0.3 is 5.97 Å². The van der Waals surface area contributed by atoms with Gasteiger partial charge in [0.15, 0.2) is 0 Å². The first-order chi connectivity index (χ1) is 12.6. The quantitative estimate of drug-likeness (QED) is 0.613. The Labute approximate surface area is 159 Å². The number of carboxylic acids is 1. The lowest BCUT2D eigenvalue weighted by atomic mass is 9.94. The van der Waals surface area contributed by atoms with Crippen LogP contribution in [0.4, 0.5) is 0 Å². The number of benzene rings is 1. The zero-order valence-electron chi connectivity index (χ0n) is 15.7. The van der Waals surface area contributed by atoms with Crippen molar-refractivity contribution in [1.29, 1.82) is 0 Å². The second-order valence-electron chi connectivity index (χ2n) is 7.34. The predicted molar refractivity (Wildman–Crippen MR) is 99.3 cm³/mol. The Bertz CT molecular complexity index is 813. The fourth-order valence-corrected chi connectivity index (χ4v) is 4.33. The highest BCUT2D eigenvalue weighted by Gasteiger charge is 2.29. The van der Waals surface area contributed by atoms with Gasteiger partial charge < -0.3 is 15.2 Å².